The van der Waals surface area contributed by atoms with Crippen molar-refractivity contribution in [2.24, 2.45) is 5.92 Å². The minimum Gasteiger partial charge on any atom is -0.369 e. The van der Waals surface area contributed by atoms with Crippen molar-refractivity contribution < 1.29 is 4.74 Å². The molecule has 2 nitrogen and oxygen atoms in total. The third-order valence-electron chi connectivity index (χ3n) is 2.81. The Hall–Kier alpha value is -0.570. The summed E-state index contributed by atoms with van der Waals surface area (Å²) in [5.74, 6) is 0.648. The Bertz CT molecular complexity index is 354. The van der Waals surface area contributed by atoms with E-state index < -0.39 is 0 Å². The summed E-state index contributed by atoms with van der Waals surface area (Å²) in [6.07, 6.45) is 1.38. The summed E-state index contributed by atoms with van der Waals surface area (Å²) >= 11 is 6.03. The molecule has 0 bridgehead atoms. The van der Waals surface area contributed by atoms with Crippen molar-refractivity contribution in [2.45, 2.75) is 39.4 Å². The van der Waals surface area contributed by atoms with Gasteiger partial charge < -0.3 is 10.1 Å². The lowest BCUT2D eigenvalue weighted by Crippen LogP contribution is -2.24. The average Bonchev–Trinajstić information content (AvgIpc) is 2.27. The molecule has 0 spiro atoms. The summed E-state index contributed by atoms with van der Waals surface area (Å²) in [7, 11) is 1.94. The summed E-state index contributed by atoms with van der Waals surface area (Å²) in [6.45, 7) is 7.36. The number of likely N-dealkylation sites (N-methyl/N-ethyl adjacent to an activating group) is 1. The number of rotatable bonds is 7. The van der Waals surface area contributed by atoms with Gasteiger partial charge in [-0.3, -0.25) is 0 Å². The van der Waals surface area contributed by atoms with Gasteiger partial charge in [-0.05, 0) is 44.0 Å². The minimum atomic E-state index is 0.0578. The van der Waals surface area contributed by atoms with Gasteiger partial charge in [0.1, 0.15) is 0 Å². The zero-order valence-corrected chi connectivity index (χ0v) is 12.5. The first-order valence-electron chi connectivity index (χ1n) is 6.58. The van der Waals surface area contributed by atoms with E-state index >= 15 is 0 Å². The molecule has 2 unspecified atom stereocenters. The van der Waals surface area contributed by atoms with Crippen LogP contribution in [0.3, 0.4) is 0 Å². The van der Waals surface area contributed by atoms with Crippen LogP contribution < -0.4 is 5.32 Å². The van der Waals surface area contributed by atoms with Crippen LogP contribution >= 0.6 is 11.6 Å². The van der Waals surface area contributed by atoms with Crippen LogP contribution in [0.4, 0.5) is 0 Å². The molecule has 1 aromatic rings. The van der Waals surface area contributed by atoms with Crippen molar-refractivity contribution in [3.05, 3.63) is 34.9 Å². The molecule has 0 radical (unpaired) electrons. The maximum absolute atomic E-state index is 6.12. The van der Waals surface area contributed by atoms with E-state index in [4.69, 9.17) is 16.3 Å². The summed E-state index contributed by atoms with van der Waals surface area (Å²) in [5, 5.41) is 3.93. The highest BCUT2D eigenvalue weighted by Crippen LogP contribution is 2.23. The van der Waals surface area contributed by atoms with Gasteiger partial charge in [0, 0.05) is 11.6 Å². The molecule has 0 saturated carbocycles. The number of nitrogens with one attached hydrogen (secondary N) is 1. The second-order valence-corrected chi connectivity index (χ2v) is 5.61. The zero-order chi connectivity index (χ0) is 13.5. The highest BCUT2D eigenvalue weighted by atomic mass is 35.5. The quantitative estimate of drug-likeness (QED) is 0.806. The van der Waals surface area contributed by atoms with Crippen molar-refractivity contribution in [2.75, 3.05) is 13.6 Å². The highest BCUT2D eigenvalue weighted by molar-refractivity contribution is 6.30. The lowest BCUT2D eigenvalue weighted by molar-refractivity contribution is -0.0117. The first-order chi connectivity index (χ1) is 8.52. The SMILES string of the molecule is CNCC(OC(C)CC(C)C)c1cccc(Cl)c1. The lowest BCUT2D eigenvalue weighted by Gasteiger charge is -2.24. The minimum absolute atomic E-state index is 0.0578. The first-order valence-corrected chi connectivity index (χ1v) is 6.96. The van der Waals surface area contributed by atoms with E-state index in [1.54, 1.807) is 0 Å². The molecule has 1 rings (SSSR count). The second kappa shape index (κ2) is 7.78. The van der Waals surface area contributed by atoms with Crippen molar-refractivity contribution in [1.29, 1.82) is 0 Å². The van der Waals surface area contributed by atoms with Crippen LogP contribution in [0.2, 0.25) is 5.02 Å². The van der Waals surface area contributed by atoms with Crippen LogP contribution in [0.25, 0.3) is 0 Å². The maximum atomic E-state index is 6.12. The Morgan fingerprint density at radius 3 is 2.56 bits per heavy atom. The Morgan fingerprint density at radius 2 is 2.00 bits per heavy atom. The van der Waals surface area contributed by atoms with Crippen molar-refractivity contribution in [3.8, 4) is 0 Å². The number of hydrogen-bond acceptors (Lipinski definition) is 2. The molecule has 0 aliphatic carbocycles. The van der Waals surface area contributed by atoms with Gasteiger partial charge in [0.15, 0.2) is 0 Å². The molecular formula is C15H24ClNO. The van der Waals surface area contributed by atoms with Crippen molar-refractivity contribution in [3.63, 3.8) is 0 Å². The van der Waals surface area contributed by atoms with E-state index in [2.05, 4.69) is 32.2 Å². The fourth-order valence-corrected chi connectivity index (χ4v) is 2.34. The number of hydrogen-bond donors (Lipinski definition) is 1. The standard InChI is InChI=1S/C15H24ClNO/c1-11(2)8-12(3)18-15(10-17-4)13-6-5-7-14(16)9-13/h5-7,9,11-12,15,17H,8,10H2,1-4H3. The number of benzene rings is 1. The Morgan fingerprint density at radius 1 is 1.28 bits per heavy atom. The average molecular weight is 270 g/mol. The predicted molar refractivity (Wildman–Crippen MR) is 78.1 cm³/mol. The van der Waals surface area contributed by atoms with Gasteiger partial charge in [-0.2, -0.15) is 0 Å². The molecule has 1 N–H and O–H groups in total. The van der Waals surface area contributed by atoms with E-state index in [-0.39, 0.29) is 12.2 Å². The predicted octanol–water partition coefficient (Wildman–Crippen LogP) is 4.05. The second-order valence-electron chi connectivity index (χ2n) is 5.18. The third-order valence-corrected chi connectivity index (χ3v) is 3.04. The molecule has 1 aromatic carbocycles. The van der Waals surface area contributed by atoms with Gasteiger partial charge in [0.2, 0.25) is 0 Å². The Balaban J connectivity index is 2.70. The molecule has 0 saturated heterocycles. The van der Waals surface area contributed by atoms with Gasteiger partial charge in [0.05, 0.1) is 12.2 Å². The van der Waals surface area contributed by atoms with Gasteiger partial charge in [0.25, 0.3) is 0 Å². The fraction of sp³-hybridized carbons (Fsp3) is 0.600. The molecule has 102 valence electrons. The summed E-state index contributed by atoms with van der Waals surface area (Å²) in [5.41, 5.74) is 1.13. The maximum Gasteiger partial charge on any atom is 0.0953 e. The van der Waals surface area contributed by atoms with E-state index in [1.165, 1.54) is 0 Å². The molecule has 0 amide bonds. The molecule has 18 heavy (non-hydrogen) atoms. The van der Waals surface area contributed by atoms with Crippen LogP contribution in [-0.2, 0) is 4.74 Å². The fourth-order valence-electron chi connectivity index (χ4n) is 2.14. The summed E-state index contributed by atoms with van der Waals surface area (Å²) in [6, 6.07) is 7.90. The van der Waals surface area contributed by atoms with Crippen molar-refractivity contribution >= 4 is 11.6 Å². The van der Waals surface area contributed by atoms with Crippen LogP contribution in [0.5, 0.6) is 0 Å². The van der Waals surface area contributed by atoms with E-state index in [0.29, 0.717) is 5.92 Å². The first kappa shape index (κ1) is 15.5. The Kier molecular flexibility index (Phi) is 6.69. The van der Waals surface area contributed by atoms with Gasteiger partial charge >= 0.3 is 0 Å². The highest BCUT2D eigenvalue weighted by Gasteiger charge is 2.16. The van der Waals surface area contributed by atoms with Crippen LogP contribution in [0, 0.1) is 5.92 Å². The molecule has 0 aliphatic rings. The van der Waals surface area contributed by atoms with Gasteiger partial charge in [-0.25, -0.2) is 0 Å². The zero-order valence-electron chi connectivity index (χ0n) is 11.7. The van der Waals surface area contributed by atoms with E-state index in [1.807, 2.05) is 25.2 Å². The van der Waals surface area contributed by atoms with Crippen LogP contribution in [0.1, 0.15) is 38.9 Å². The van der Waals surface area contributed by atoms with Crippen molar-refractivity contribution in [1.82, 2.24) is 5.32 Å². The number of halogens is 1. The summed E-state index contributed by atoms with van der Waals surface area (Å²) in [4.78, 5) is 0. The lowest BCUT2D eigenvalue weighted by atomic mass is 10.1. The largest absolute Gasteiger partial charge is 0.369 e. The van der Waals surface area contributed by atoms with Crippen LogP contribution in [0.15, 0.2) is 24.3 Å². The monoisotopic (exact) mass is 269 g/mol. The molecule has 0 aromatic heterocycles. The van der Waals surface area contributed by atoms with Crippen LogP contribution in [-0.4, -0.2) is 19.7 Å². The Labute approximate surface area is 116 Å². The molecule has 0 fully saturated rings. The molecule has 0 aliphatic heterocycles. The van der Waals surface area contributed by atoms with E-state index in [0.717, 1.165) is 23.6 Å². The third kappa shape index (κ3) is 5.38. The normalized spacial score (nSPS) is 14.8. The molecule has 2 atom stereocenters. The molecule has 3 heteroatoms. The topological polar surface area (TPSA) is 21.3 Å². The van der Waals surface area contributed by atoms with Gasteiger partial charge in [-0.15, -0.1) is 0 Å². The number of ether oxygens (including phenoxy) is 1. The van der Waals surface area contributed by atoms with E-state index in [9.17, 15) is 0 Å². The molecular weight excluding hydrogens is 246 g/mol. The molecule has 0 heterocycles. The summed E-state index contributed by atoms with van der Waals surface area (Å²) < 4.78 is 6.12. The van der Waals surface area contributed by atoms with Gasteiger partial charge in [-0.1, -0.05) is 37.6 Å². The smallest absolute Gasteiger partial charge is 0.0953 e.